The van der Waals surface area contributed by atoms with Gasteiger partial charge >= 0.3 is 0 Å². The number of nitrogens with zero attached hydrogens (tertiary/aromatic N) is 1. The summed E-state index contributed by atoms with van der Waals surface area (Å²) in [4.78, 5) is 4.15. The zero-order valence-corrected chi connectivity index (χ0v) is 12.7. The van der Waals surface area contributed by atoms with E-state index in [1.807, 2.05) is 26.0 Å². The zero-order valence-electron chi connectivity index (χ0n) is 11.1. The van der Waals surface area contributed by atoms with Gasteiger partial charge in [-0.05, 0) is 55.7 Å². The molecule has 2 aromatic rings. The maximum absolute atomic E-state index is 9.55. The highest BCUT2D eigenvalue weighted by molar-refractivity contribution is 9.10. The molecule has 3 nitrogen and oxygen atoms in total. The average molecular weight is 322 g/mol. The van der Waals surface area contributed by atoms with Crippen molar-refractivity contribution in [3.05, 3.63) is 51.6 Å². The van der Waals surface area contributed by atoms with Crippen LogP contribution in [0.1, 0.15) is 29.7 Å². The minimum absolute atomic E-state index is 0.486. The number of aryl methyl sites for hydroxylation is 2. The molecule has 1 atom stereocenters. The Kier molecular flexibility index (Phi) is 4.22. The van der Waals surface area contributed by atoms with Crippen LogP contribution in [-0.2, 0) is 0 Å². The number of aromatic nitrogens is 1. The highest BCUT2D eigenvalue weighted by atomic mass is 79.9. The fourth-order valence-corrected chi connectivity index (χ4v) is 2.06. The van der Waals surface area contributed by atoms with Crippen molar-refractivity contribution >= 4 is 15.9 Å². The van der Waals surface area contributed by atoms with Gasteiger partial charge in [-0.3, -0.25) is 0 Å². The quantitative estimate of drug-likeness (QED) is 0.916. The minimum Gasteiger partial charge on any atom is -0.439 e. The third-order valence-corrected chi connectivity index (χ3v) is 4.12. The van der Waals surface area contributed by atoms with Crippen molar-refractivity contribution in [2.24, 2.45) is 0 Å². The summed E-state index contributed by atoms with van der Waals surface area (Å²) in [5.74, 6) is 1.23. The van der Waals surface area contributed by atoms with Gasteiger partial charge in [-0.2, -0.15) is 0 Å². The second-order valence-corrected chi connectivity index (χ2v) is 5.37. The van der Waals surface area contributed by atoms with Gasteiger partial charge in [-0.1, -0.05) is 15.9 Å². The SMILES string of the molecule is Cc1cc(Oc2cc([C@H](C)O)ccn2)cc(C)c1Br. The molecule has 0 aliphatic heterocycles. The molecule has 0 aliphatic carbocycles. The van der Waals surface area contributed by atoms with Crippen LogP contribution in [0.5, 0.6) is 11.6 Å². The maximum atomic E-state index is 9.55. The second-order valence-electron chi connectivity index (χ2n) is 4.58. The molecule has 1 heterocycles. The van der Waals surface area contributed by atoms with Crippen molar-refractivity contribution < 1.29 is 9.84 Å². The summed E-state index contributed by atoms with van der Waals surface area (Å²) in [7, 11) is 0. The number of hydrogen-bond donors (Lipinski definition) is 1. The molecular formula is C15H16BrNO2. The Hall–Kier alpha value is -1.39. The van der Waals surface area contributed by atoms with Crippen molar-refractivity contribution in [3.63, 3.8) is 0 Å². The van der Waals surface area contributed by atoms with Crippen LogP contribution < -0.4 is 4.74 Å². The summed E-state index contributed by atoms with van der Waals surface area (Å²) in [5, 5.41) is 9.55. The van der Waals surface area contributed by atoms with E-state index in [-0.39, 0.29) is 0 Å². The van der Waals surface area contributed by atoms with E-state index in [9.17, 15) is 5.11 Å². The molecule has 2 rings (SSSR count). The summed E-state index contributed by atoms with van der Waals surface area (Å²) in [5.41, 5.74) is 3.01. The monoisotopic (exact) mass is 321 g/mol. The number of aliphatic hydroxyl groups excluding tert-OH is 1. The molecule has 0 aliphatic rings. The summed E-state index contributed by atoms with van der Waals surface area (Å²) < 4.78 is 6.83. The van der Waals surface area contributed by atoms with E-state index in [0.29, 0.717) is 5.88 Å². The Morgan fingerprint density at radius 1 is 1.21 bits per heavy atom. The number of ether oxygens (including phenoxy) is 1. The van der Waals surface area contributed by atoms with Gasteiger partial charge in [0.2, 0.25) is 5.88 Å². The van der Waals surface area contributed by atoms with Crippen molar-refractivity contribution in [1.82, 2.24) is 4.98 Å². The van der Waals surface area contributed by atoms with Gasteiger partial charge in [-0.15, -0.1) is 0 Å². The molecule has 0 radical (unpaired) electrons. The summed E-state index contributed by atoms with van der Waals surface area (Å²) >= 11 is 3.53. The lowest BCUT2D eigenvalue weighted by atomic mass is 10.1. The number of hydrogen-bond acceptors (Lipinski definition) is 3. The van der Waals surface area contributed by atoms with Crippen LogP contribution in [0.3, 0.4) is 0 Å². The molecule has 0 saturated heterocycles. The Balaban J connectivity index is 2.28. The van der Waals surface area contributed by atoms with Crippen LogP contribution in [0.4, 0.5) is 0 Å². The van der Waals surface area contributed by atoms with Crippen LogP contribution >= 0.6 is 15.9 Å². The first-order chi connectivity index (χ1) is 8.97. The number of benzene rings is 1. The molecule has 0 fully saturated rings. The lowest BCUT2D eigenvalue weighted by molar-refractivity contribution is 0.198. The Morgan fingerprint density at radius 2 is 1.84 bits per heavy atom. The number of aliphatic hydroxyl groups is 1. The maximum Gasteiger partial charge on any atom is 0.219 e. The molecule has 1 aromatic carbocycles. The molecule has 19 heavy (non-hydrogen) atoms. The lowest BCUT2D eigenvalue weighted by Crippen LogP contribution is -1.95. The Morgan fingerprint density at radius 3 is 2.42 bits per heavy atom. The molecule has 1 N–H and O–H groups in total. The standard InChI is InChI=1S/C15H16BrNO2/c1-9-6-13(7-10(2)15(9)16)19-14-8-12(11(3)18)4-5-17-14/h4-8,11,18H,1-3H3/t11-/m0/s1. The van der Waals surface area contributed by atoms with Gasteiger partial charge in [0.15, 0.2) is 0 Å². The lowest BCUT2D eigenvalue weighted by Gasteiger charge is -2.10. The highest BCUT2D eigenvalue weighted by Gasteiger charge is 2.07. The number of halogens is 1. The summed E-state index contributed by atoms with van der Waals surface area (Å²) in [6.07, 6.45) is 1.11. The Bertz CT molecular complexity index is 573. The molecule has 0 saturated carbocycles. The van der Waals surface area contributed by atoms with Gasteiger partial charge in [0, 0.05) is 16.7 Å². The number of rotatable bonds is 3. The van der Waals surface area contributed by atoms with Crippen LogP contribution in [-0.4, -0.2) is 10.1 Å². The predicted octanol–water partition coefficient (Wildman–Crippen LogP) is 4.31. The normalized spacial score (nSPS) is 12.3. The first kappa shape index (κ1) is 14.0. The third-order valence-electron chi connectivity index (χ3n) is 2.87. The van der Waals surface area contributed by atoms with Gasteiger partial charge in [-0.25, -0.2) is 4.98 Å². The number of pyridine rings is 1. The summed E-state index contributed by atoms with van der Waals surface area (Å²) in [6.45, 7) is 5.75. The van der Waals surface area contributed by atoms with Gasteiger partial charge < -0.3 is 9.84 Å². The molecule has 100 valence electrons. The zero-order chi connectivity index (χ0) is 14.0. The van der Waals surface area contributed by atoms with Crippen molar-refractivity contribution in [3.8, 4) is 11.6 Å². The third kappa shape index (κ3) is 3.33. The van der Waals surface area contributed by atoms with Crippen molar-refractivity contribution in [1.29, 1.82) is 0 Å². The van der Waals surface area contributed by atoms with E-state index >= 15 is 0 Å². The molecule has 0 spiro atoms. The van der Waals surface area contributed by atoms with E-state index in [2.05, 4.69) is 20.9 Å². The first-order valence-electron chi connectivity index (χ1n) is 6.06. The molecule has 1 aromatic heterocycles. The molecule has 0 amide bonds. The largest absolute Gasteiger partial charge is 0.439 e. The van der Waals surface area contributed by atoms with E-state index in [4.69, 9.17) is 4.74 Å². The highest BCUT2D eigenvalue weighted by Crippen LogP contribution is 2.29. The molecular weight excluding hydrogens is 306 g/mol. The van der Waals surface area contributed by atoms with Gasteiger partial charge in [0.25, 0.3) is 0 Å². The van der Waals surface area contributed by atoms with Crippen LogP contribution in [0.15, 0.2) is 34.9 Å². The molecule has 0 bridgehead atoms. The van der Waals surface area contributed by atoms with Crippen LogP contribution in [0, 0.1) is 13.8 Å². The van der Waals surface area contributed by atoms with E-state index in [1.165, 1.54) is 0 Å². The van der Waals surface area contributed by atoms with E-state index < -0.39 is 6.10 Å². The van der Waals surface area contributed by atoms with Crippen LogP contribution in [0.2, 0.25) is 0 Å². The molecule has 4 heteroatoms. The average Bonchev–Trinajstić information content (AvgIpc) is 2.36. The van der Waals surface area contributed by atoms with Crippen LogP contribution in [0.25, 0.3) is 0 Å². The second kappa shape index (κ2) is 5.72. The van der Waals surface area contributed by atoms with E-state index in [1.54, 1.807) is 25.3 Å². The smallest absolute Gasteiger partial charge is 0.219 e. The van der Waals surface area contributed by atoms with Gasteiger partial charge in [0.05, 0.1) is 6.10 Å². The summed E-state index contributed by atoms with van der Waals surface area (Å²) in [6, 6.07) is 7.43. The van der Waals surface area contributed by atoms with E-state index in [0.717, 1.165) is 26.9 Å². The predicted molar refractivity (Wildman–Crippen MR) is 78.6 cm³/mol. The van der Waals surface area contributed by atoms with Crippen molar-refractivity contribution in [2.45, 2.75) is 26.9 Å². The Labute approximate surface area is 121 Å². The first-order valence-corrected chi connectivity index (χ1v) is 6.85. The fourth-order valence-electron chi connectivity index (χ4n) is 1.83. The topological polar surface area (TPSA) is 42.4 Å². The molecule has 0 unspecified atom stereocenters. The fraction of sp³-hybridized carbons (Fsp3) is 0.267. The van der Waals surface area contributed by atoms with Gasteiger partial charge in [0.1, 0.15) is 5.75 Å². The minimum atomic E-state index is -0.529. The van der Waals surface area contributed by atoms with Crippen molar-refractivity contribution in [2.75, 3.05) is 0 Å².